The number of aliphatic hydroxyl groups is 1. The van der Waals surface area contributed by atoms with Gasteiger partial charge in [0.05, 0.1) is 48.6 Å². The van der Waals surface area contributed by atoms with E-state index < -0.39 is 12.1 Å². The maximum absolute atomic E-state index is 14.0. The maximum Gasteiger partial charge on any atom is 0.254 e. The molecule has 13 nitrogen and oxygen atoms in total. The Balaban J connectivity index is 1.21. The van der Waals surface area contributed by atoms with Gasteiger partial charge in [0.15, 0.2) is 18.9 Å². The van der Waals surface area contributed by atoms with Gasteiger partial charge in [0, 0.05) is 24.2 Å². The molecule has 2 saturated heterocycles. The van der Waals surface area contributed by atoms with Gasteiger partial charge in [0.2, 0.25) is 0 Å². The molecule has 0 saturated carbocycles. The Morgan fingerprint density at radius 2 is 1.38 bits per heavy atom. The SMILES string of the molecule is O=Cc1ccccc1C(=O)N1CCC(c2ccc(OC[C@@H]3COCCN3C(=O)c3ccccc3CO)c(C=O)c2O)CC[C@H]1COc1cccc(O)c1C=O. The number of hydrogen-bond acceptors (Lipinski definition) is 11. The lowest BCUT2D eigenvalue weighted by Crippen LogP contribution is -2.51. The average molecular weight is 751 g/mol. The van der Waals surface area contributed by atoms with Crippen molar-refractivity contribution in [1.29, 1.82) is 0 Å². The number of ether oxygens (including phenoxy) is 3. The summed E-state index contributed by atoms with van der Waals surface area (Å²) in [6, 6.07) is 20.0. The normalized spacial score (nSPS) is 18.5. The summed E-state index contributed by atoms with van der Waals surface area (Å²) in [7, 11) is 0. The molecule has 0 radical (unpaired) electrons. The Morgan fingerprint density at radius 1 is 0.709 bits per heavy atom. The van der Waals surface area contributed by atoms with Crippen LogP contribution in [0.15, 0.2) is 78.9 Å². The van der Waals surface area contributed by atoms with Crippen LogP contribution in [0.4, 0.5) is 0 Å². The zero-order valence-corrected chi connectivity index (χ0v) is 30.0. The Kier molecular flexibility index (Phi) is 12.5. The van der Waals surface area contributed by atoms with Crippen molar-refractivity contribution in [3.63, 3.8) is 0 Å². The molecule has 55 heavy (non-hydrogen) atoms. The number of phenolic OH excluding ortho intramolecular Hbond substituents is 2. The van der Waals surface area contributed by atoms with E-state index in [0.717, 1.165) is 0 Å². The fraction of sp³-hybridized carbons (Fsp3) is 0.310. The first-order valence-corrected chi connectivity index (χ1v) is 18.1. The van der Waals surface area contributed by atoms with Crippen LogP contribution >= 0.6 is 0 Å². The highest BCUT2D eigenvalue weighted by atomic mass is 16.5. The lowest BCUT2D eigenvalue weighted by atomic mass is 9.89. The van der Waals surface area contributed by atoms with Gasteiger partial charge in [0.25, 0.3) is 11.8 Å². The van der Waals surface area contributed by atoms with Gasteiger partial charge in [-0.1, -0.05) is 48.5 Å². The topological polar surface area (TPSA) is 180 Å². The molecule has 0 aromatic heterocycles. The predicted molar refractivity (Wildman–Crippen MR) is 199 cm³/mol. The first kappa shape index (κ1) is 38.7. The van der Waals surface area contributed by atoms with Crippen molar-refractivity contribution >= 4 is 30.7 Å². The third kappa shape index (κ3) is 8.37. The third-order valence-corrected chi connectivity index (χ3v) is 10.3. The van der Waals surface area contributed by atoms with E-state index in [1.54, 1.807) is 82.6 Å². The Labute approximate surface area is 317 Å². The van der Waals surface area contributed by atoms with Crippen LogP contribution in [0.5, 0.6) is 23.0 Å². The molecular formula is C42H42N2O11. The number of hydrogen-bond donors (Lipinski definition) is 3. The lowest BCUT2D eigenvalue weighted by molar-refractivity contribution is -0.0152. The summed E-state index contributed by atoms with van der Waals surface area (Å²) in [5, 5.41) is 31.4. The Bertz CT molecular complexity index is 2050. The maximum atomic E-state index is 14.0. The number of aldehydes is 3. The number of nitrogens with zero attached hydrogens (tertiary/aromatic N) is 2. The van der Waals surface area contributed by atoms with Crippen LogP contribution in [0.1, 0.15) is 88.1 Å². The smallest absolute Gasteiger partial charge is 0.254 e. The minimum absolute atomic E-state index is 0.0193. The van der Waals surface area contributed by atoms with E-state index in [2.05, 4.69) is 0 Å². The van der Waals surface area contributed by atoms with E-state index in [4.69, 9.17) is 14.2 Å². The fourth-order valence-corrected chi connectivity index (χ4v) is 7.28. The summed E-state index contributed by atoms with van der Waals surface area (Å²) in [4.78, 5) is 66.8. The molecule has 2 heterocycles. The molecule has 4 aromatic rings. The van der Waals surface area contributed by atoms with Crippen LogP contribution in [0.3, 0.4) is 0 Å². The average Bonchev–Trinajstić information content (AvgIpc) is 3.44. The molecule has 2 amide bonds. The van der Waals surface area contributed by atoms with Crippen molar-refractivity contribution in [3.05, 3.63) is 118 Å². The number of amides is 2. The van der Waals surface area contributed by atoms with Gasteiger partial charge in [-0.15, -0.1) is 0 Å². The first-order chi connectivity index (χ1) is 26.8. The van der Waals surface area contributed by atoms with Crippen LogP contribution < -0.4 is 9.47 Å². The highest BCUT2D eigenvalue weighted by molar-refractivity contribution is 6.01. The van der Waals surface area contributed by atoms with Crippen molar-refractivity contribution in [1.82, 2.24) is 9.80 Å². The second-order valence-corrected chi connectivity index (χ2v) is 13.4. The highest BCUT2D eigenvalue weighted by Gasteiger charge is 2.34. The standard InChI is InChI=1S/C42H42N2O11/c45-20-28-6-1-3-8-33(28)41(51)43-17-16-27(12-13-30(43)25-54-38-11-5-10-37(49)35(38)22-47)32-14-15-39(36(23-48)40(32)50)55-26-31-24-53-19-18-44(31)42(52)34-9-4-2-7-29(34)21-46/h1-11,14-15,20,22-23,27,30-31,46,49-50H,12-13,16-19,21,24-26H2/t27?,30-,31-/m0/s1. The molecule has 286 valence electrons. The van der Waals surface area contributed by atoms with Crippen LogP contribution in [-0.4, -0.2) is 107 Å². The van der Waals surface area contributed by atoms with Gasteiger partial charge < -0.3 is 39.3 Å². The van der Waals surface area contributed by atoms with Gasteiger partial charge in [-0.25, -0.2) is 0 Å². The van der Waals surface area contributed by atoms with Crippen molar-refractivity contribution in [3.8, 4) is 23.0 Å². The fourth-order valence-electron chi connectivity index (χ4n) is 7.28. The van der Waals surface area contributed by atoms with Crippen molar-refractivity contribution < 1.29 is 53.5 Å². The van der Waals surface area contributed by atoms with E-state index in [1.807, 2.05) is 0 Å². The quantitative estimate of drug-likeness (QED) is 0.160. The molecule has 6 rings (SSSR count). The van der Waals surface area contributed by atoms with E-state index in [-0.39, 0.29) is 96.0 Å². The monoisotopic (exact) mass is 750 g/mol. The number of likely N-dealkylation sites (tertiary alicyclic amines) is 1. The predicted octanol–water partition coefficient (Wildman–Crippen LogP) is 4.81. The summed E-state index contributed by atoms with van der Waals surface area (Å²) >= 11 is 0. The molecule has 0 spiro atoms. The van der Waals surface area contributed by atoms with Crippen LogP contribution in [0.25, 0.3) is 0 Å². The summed E-state index contributed by atoms with van der Waals surface area (Å²) in [6.07, 6.45) is 2.91. The number of carbonyl (C=O) groups excluding carboxylic acids is 5. The number of phenols is 2. The summed E-state index contributed by atoms with van der Waals surface area (Å²) in [5.41, 5.74) is 1.75. The van der Waals surface area contributed by atoms with Crippen LogP contribution in [0.2, 0.25) is 0 Å². The molecule has 13 heteroatoms. The molecule has 1 unspecified atom stereocenters. The zero-order chi connectivity index (χ0) is 38.9. The van der Waals surface area contributed by atoms with E-state index in [0.29, 0.717) is 68.0 Å². The van der Waals surface area contributed by atoms with Crippen molar-refractivity contribution in [2.75, 3.05) is 39.5 Å². The summed E-state index contributed by atoms with van der Waals surface area (Å²) in [6.45, 7) is 0.690. The lowest BCUT2D eigenvalue weighted by Gasteiger charge is -2.36. The molecule has 3 atom stereocenters. The molecule has 3 N–H and O–H groups in total. The number of carbonyl (C=O) groups is 5. The second-order valence-electron chi connectivity index (χ2n) is 13.4. The van der Waals surface area contributed by atoms with Gasteiger partial charge in [-0.2, -0.15) is 0 Å². The molecule has 2 aliphatic heterocycles. The van der Waals surface area contributed by atoms with E-state index in [1.165, 1.54) is 6.07 Å². The molecule has 4 aromatic carbocycles. The van der Waals surface area contributed by atoms with Crippen LogP contribution in [0, 0.1) is 0 Å². The zero-order valence-electron chi connectivity index (χ0n) is 30.0. The number of morpholine rings is 1. The molecular weight excluding hydrogens is 708 g/mol. The first-order valence-electron chi connectivity index (χ1n) is 18.1. The summed E-state index contributed by atoms with van der Waals surface area (Å²) in [5.74, 6) is -1.17. The number of benzene rings is 4. The Morgan fingerprint density at radius 3 is 2.13 bits per heavy atom. The van der Waals surface area contributed by atoms with Crippen molar-refractivity contribution in [2.45, 2.75) is 43.9 Å². The van der Waals surface area contributed by atoms with E-state index >= 15 is 0 Å². The van der Waals surface area contributed by atoms with Gasteiger partial charge in [-0.3, -0.25) is 24.0 Å². The number of aromatic hydroxyl groups is 2. The molecule has 2 aliphatic rings. The molecule has 0 aliphatic carbocycles. The van der Waals surface area contributed by atoms with Gasteiger partial charge in [-0.05, 0) is 66.6 Å². The largest absolute Gasteiger partial charge is 0.507 e. The second kappa shape index (κ2) is 17.9. The van der Waals surface area contributed by atoms with Crippen molar-refractivity contribution in [2.24, 2.45) is 0 Å². The molecule has 2 fully saturated rings. The minimum Gasteiger partial charge on any atom is -0.507 e. The number of aliphatic hydroxyl groups excluding tert-OH is 1. The highest BCUT2D eigenvalue weighted by Crippen LogP contribution is 2.40. The van der Waals surface area contributed by atoms with Crippen LogP contribution in [-0.2, 0) is 11.3 Å². The number of rotatable bonds is 13. The van der Waals surface area contributed by atoms with Gasteiger partial charge in [0.1, 0.15) is 36.2 Å². The molecule has 0 bridgehead atoms. The summed E-state index contributed by atoms with van der Waals surface area (Å²) < 4.78 is 17.7. The Hall–Kier alpha value is -6.05. The third-order valence-electron chi connectivity index (χ3n) is 10.3. The minimum atomic E-state index is -0.526. The van der Waals surface area contributed by atoms with E-state index in [9.17, 15) is 39.3 Å². The van der Waals surface area contributed by atoms with Gasteiger partial charge >= 0.3 is 0 Å².